The minimum atomic E-state index is -0.343. The van der Waals surface area contributed by atoms with Gasteiger partial charge in [0.1, 0.15) is 0 Å². The van der Waals surface area contributed by atoms with Gasteiger partial charge in [0, 0.05) is 16.1 Å². The number of halogens is 1. The average Bonchev–Trinajstić information content (AvgIpc) is 3.33. The third-order valence-corrected chi connectivity index (χ3v) is 6.86. The van der Waals surface area contributed by atoms with E-state index in [0.29, 0.717) is 31.9 Å². The predicted octanol–water partition coefficient (Wildman–Crippen LogP) is 4.54. The number of carbonyl (C=O) groups is 2. The Labute approximate surface area is 190 Å². The van der Waals surface area contributed by atoms with Crippen molar-refractivity contribution in [3.05, 3.63) is 39.9 Å². The van der Waals surface area contributed by atoms with Crippen LogP contribution in [0.4, 0.5) is 16.0 Å². The molecule has 30 heavy (non-hydrogen) atoms. The molecule has 1 amide bonds. The SMILES string of the molecule is CCOC(=O)Cc1csc(NC(=O)CSc2nnc(Nc3cccc(Cl)c3C)s2)n1. The van der Waals surface area contributed by atoms with Gasteiger partial charge in [-0.3, -0.25) is 9.59 Å². The lowest BCUT2D eigenvalue weighted by atomic mass is 10.2. The van der Waals surface area contributed by atoms with E-state index < -0.39 is 0 Å². The van der Waals surface area contributed by atoms with Crippen LogP contribution in [-0.2, 0) is 20.7 Å². The summed E-state index contributed by atoms with van der Waals surface area (Å²) in [6.45, 7) is 3.99. The molecule has 3 rings (SSSR count). The maximum absolute atomic E-state index is 12.2. The molecule has 0 spiro atoms. The number of aromatic nitrogens is 3. The number of esters is 1. The van der Waals surface area contributed by atoms with Crippen LogP contribution in [0.1, 0.15) is 18.2 Å². The van der Waals surface area contributed by atoms with Gasteiger partial charge in [-0.15, -0.1) is 21.5 Å². The summed E-state index contributed by atoms with van der Waals surface area (Å²) in [4.78, 5) is 27.9. The zero-order chi connectivity index (χ0) is 21.5. The fourth-order valence-electron chi connectivity index (χ4n) is 2.26. The molecule has 1 aromatic carbocycles. The van der Waals surface area contributed by atoms with Gasteiger partial charge in [-0.2, -0.15) is 0 Å². The van der Waals surface area contributed by atoms with Crippen LogP contribution in [0.3, 0.4) is 0 Å². The first-order valence-corrected chi connectivity index (χ1v) is 11.9. The highest BCUT2D eigenvalue weighted by Gasteiger charge is 2.13. The lowest BCUT2D eigenvalue weighted by molar-refractivity contribution is -0.142. The third kappa shape index (κ3) is 6.39. The van der Waals surface area contributed by atoms with Gasteiger partial charge in [0.2, 0.25) is 11.0 Å². The van der Waals surface area contributed by atoms with Crippen molar-refractivity contribution in [2.45, 2.75) is 24.6 Å². The van der Waals surface area contributed by atoms with Crippen LogP contribution in [0.25, 0.3) is 0 Å². The van der Waals surface area contributed by atoms with Gasteiger partial charge >= 0.3 is 5.97 Å². The number of thiazole rings is 1. The normalized spacial score (nSPS) is 10.6. The summed E-state index contributed by atoms with van der Waals surface area (Å²) in [6.07, 6.45) is 0.0849. The number of nitrogens with one attached hydrogen (secondary N) is 2. The first-order chi connectivity index (χ1) is 14.4. The zero-order valence-corrected chi connectivity index (χ0v) is 19.3. The Morgan fingerprint density at radius 1 is 1.27 bits per heavy atom. The van der Waals surface area contributed by atoms with Crippen LogP contribution in [0.5, 0.6) is 0 Å². The van der Waals surface area contributed by atoms with Gasteiger partial charge in [0.15, 0.2) is 9.47 Å². The summed E-state index contributed by atoms with van der Waals surface area (Å²) in [5, 5.41) is 17.5. The second kappa shape index (κ2) is 10.7. The van der Waals surface area contributed by atoms with Crippen molar-refractivity contribution in [2.24, 2.45) is 0 Å². The maximum Gasteiger partial charge on any atom is 0.311 e. The lowest BCUT2D eigenvalue weighted by Crippen LogP contribution is -2.14. The van der Waals surface area contributed by atoms with Gasteiger partial charge < -0.3 is 15.4 Å². The molecule has 8 nitrogen and oxygen atoms in total. The van der Waals surface area contributed by atoms with Crippen LogP contribution in [0.15, 0.2) is 27.9 Å². The Morgan fingerprint density at radius 3 is 2.90 bits per heavy atom. The number of anilines is 3. The molecule has 0 fully saturated rings. The summed E-state index contributed by atoms with van der Waals surface area (Å²) >= 11 is 10.0. The van der Waals surface area contributed by atoms with E-state index in [1.54, 1.807) is 12.3 Å². The molecule has 3 aromatic rings. The van der Waals surface area contributed by atoms with E-state index in [9.17, 15) is 9.59 Å². The van der Waals surface area contributed by atoms with Gasteiger partial charge in [0.05, 0.1) is 24.5 Å². The Morgan fingerprint density at radius 2 is 2.10 bits per heavy atom. The number of carbonyl (C=O) groups excluding carboxylic acids is 2. The molecule has 0 atom stereocenters. The van der Waals surface area contributed by atoms with E-state index in [1.165, 1.54) is 34.4 Å². The van der Waals surface area contributed by atoms with E-state index >= 15 is 0 Å². The van der Waals surface area contributed by atoms with Crippen molar-refractivity contribution in [3.63, 3.8) is 0 Å². The Balaban J connectivity index is 1.48. The summed E-state index contributed by atoms with van der Waals surface area (Å²) in [5.74, 6) is -0.394. The molecule has 0 aliphatic rings. The molecule has 2 N–H and O–H groups in total. The molecule has 158 valence electrons. The van der Waals surface area contributed by atoms with E-state index in [1.807, 2.05) is 25.1 Å². The van der Waals surface area contributed by atoms with Gasteiger partial charge in [-0.25, -0.2) is 4.98 Å². The monoisotopic (exact) mass is 483 g/mol. The maximum atomic E-state index is 12.2. The molecule has 0 saturated carbocycles. The van der Waals surface area contributed by atoms with E-state index in [4.69, 9.17) is 16.3 Å². The molecule has 2 aromatic heterocycles. The minimum absolute atomic E-state index is 0.0849. The summed E-state index contributed by atoms with van der Waals surface area (Å²) in [7, 11) is 0. The number of nitrogens with zero attached hydrogens (tertiary/aromatic N) is 3. The van der Waals surface area contributed by atoms with Crippen molar-refractivity contribution in [1.82, 2.24) is 15.2 Å². The number of thioether (sulfide) groups is 1. The number of rotatable bonds is 9. The number of hydrogen-bond acceptors (Lipinski definition) is 10. The number of ether oxygens (including phenoxy) is 1. The lowest BCUT2D eigenvalue weighted by Gasteiger charge is -2.06. The Kier molecular flexibility index (Phi) is 8.02. The first kappa shape index (κ1) is 22.5. The van der Waals surface area contributed by atoms with Crippen molar-refractivity contribution >= 4 is 73.9 Å². The molecule has 0 saturated heterocycles. The Bertz CT molecular complexity index is 1040. The minimum Gasteiger partial charge on any atom is -0.466 e. The molecular formula is C18H18ClN5O3S3. The smallest absolute Gasteiger partial charge is 0.311 e. The fraction of sp³-hybridized carbons (Fsp3) is 0.278. The van der Waals surface area contributed by atoms with E-state index in [0.717, 1.165) is 11.3 Å². The standard InChI is InChI=1S/C18H18ClN5O3S3/c1-3-27-15(26)7-11-8-28-16(20-11)22-14(25)9-29-18-24-23-17(30-18)21-13-6-4-5-12(19)10(13)2/h4-6,8H,3,7,9H2,1-2H3,(H,21,23)(H,20,22,25). The molecule has 0 aliphatic heterocycles. The second-order valence-electron chi connectivity index (χ2n) is 5.87. The van der Waals surface area contributed by atoms with Crippen LogP contribution in [0.2, 0.25) is 5.02 Å². The second-order valence-corrected chi connectivity index (χ2v) is 9.34. The quantitative estimate of drug-likeness (QED) is 0.337. The third-order valence-electron chi connectivity index (χ3n) is 3.67. The number of amides is 1. The van der Waals surface area contributed by atoms with Crippen LogP contribution >= 0.6 is 46.0 Å². The molecule has 0 radical (unpaired) electrons. The highest BCUT2D eigenvalue weighted by Crippen LogP contribution is 2.30. The molecule has 0 aliphatic carbocycles. The van der Waals surface area contributed by atoms with Crippen LogP contribution < -0.4 is 10.6 Å². The van der Waals surface area contributed by atoms with Crippen molar-refractivity contribution in [2.75, 3.05) is 23.0 Å². The van der Waals surface area contributed by atoms with Crippen molar-refractivity contribution < 1.29 is 14.3 Å². The molecular weight excluding hydrogens is 466 g/mol. The number of benzene rings is 1. The van der Waals surface area contributed by atoms with Crippen LogP contribution in [-0.4, -0.2) is 39.4 Å². The Hall–Kier alpha value is -2.21. The van der Waals surface area contributed by atoms with Gasteiger partial charge in [0.25, 0.3) is 0 Å². The molecule has 2 heterocycles. The van der Waals surface area contributed by atoms with E-state index in [-0.39, 0.29) is 24.1 Å². The van der Waals surface area contributed by atoms with Crippen molar-refractivity contribution in [3.8, 4) is 0 Å². The molecule has 12 heteroatoms. The molecule has 0 bridgehead atoms. The number of hydrogen-bond donors (Lipinski definition) is 2. The predicted molar refractivity (Wildman–Crippen MR) is 121 cm³/mol. The fourth-order valence-corrected chi connectivity index (χ4v) is 4.73. The highest BCUT2D eigenvalue weighted by molar-refractivity contribution is 8.01. The van der Waals surface area contributed by atoms with Gasteiger partial charge in [-0.05, 0) is 31.5 Å². The molecule has 0 unspecified atom stereocenters. The summed E-state index contributed by atoms with van der Waals surface area (Å²) in [5.41, 5.74) is 2.35. The van der Waals surface area contributed by atoms with Crippen LogP contribution in [0, 0.1) is 6.92 Å². The van der Waals surface area contributed by atoms with Gasteiger partial charge in [-0.1, -0.05) is 40.8 Å². The summed E-state index contributed by atoms with van der Waals surface area (Å²) in [6, 6.07) is 5.59. The van der Waals surface area contributed by atoms with E-state index in [2.05, 4.69) is 25.8 Å². The topological polar surface area (TPSA) is 106 Å². The largest absolute Gasteiger partial charge is 0.466 e. The summed E-state index contributed by atoms with van der Waals surface area (Å²) < 4.78 is 5.55. The first-order valence-electron chi connectivity index (χ1n) is 8.83. The highest BCUT2D eigenvalue weighted by atomic mass is 35.5. The zero-order valence-electron chi connectivity index (χ0n) is 16.1. The van der Waals surface area contributed by atoms with Crippen molar-refractivity contribution in [1.29, 1.82) is 0 Å². The average molecular weight is 484 g/mol.